The van der Waals surface area contributed by atoms with E-state index >= 15 is 0 Å². The number of ether oxygens (including phenoxy) is 4. The summed E-state index contributed by atoms with van der Waals surface area (Å²) in [6.45, 7) is 9.28. The zero-order chi connectivity index (χ0) is 27.0. The molecule has 1 aromatic carbocycles. The molecule has 0 spiro atoms. The van der Waals surface area contributed by atoms with Gasteiger partial charge in [-0.2, -0.15) is 5.09 Å². The molecule has 1 fully saturated rings. The van der Waals surface area contributed by atoms with Crippen LogP contribution in [-0.4, -0.2) is 62.5 Å². The second kappa shape index (κ2) is 13.5. The molecule has 2 rings (SSSR count). The third-order valence-corrected chi connectivity index (χ3v) is 7.32. The summed E-state index contributed by atoms with van der Waals surface area (Å²) in [5.41, 5.74) is 0. The summed E-state index contributed by atoms with van der Waals surface area (Å²) in [6, 6.07) is 7.04. The van der Waals surface area contributed by atoms with Gasteiger partial charge in [-0.15, -0.1) is 0 Å². The Morgan fingerprint density at radius 1 is 1.14 bits per heavy atom. The van der Waals surface area contributed by atoms with Gasteiger partial charge >= 0.3 is 19.7 Å². The number of benzene rings is 1. The maximum absolute atomic E-state index is 14.9. The number of esters is 2. The van der Waals surface area contributed by atoms with Crippen molar-refractivity contribution in [2.24, 2.45) is 11.8 Å². The van der Waals surface area contributed by atoms with Crippen molar-refractivity contribution >= 4 is 19.7 Å². The normalized spacial score (nSPS) is 27.5. The zero-order valence-corrected chi connectivity index (χ0v) is 22.6. The summed E-state index contributed by atoms with van der Waals surface area (Å²) >= 11 is 0. The van der Waals surface area contributed by atoms with Gasteiger partial charge in [0.15, 0.2) is 6.10 Å². The molecule has 0 radical (unpaired) electrons. The molecule has 0 aliphatic carbocycles. The number of hydrogen-bond acceptors (Lipinski definition) is 9. The highest BCUT2D eigenvalue weighted by Crippen LogP contribution is 2.49. The molecule has 1 N–H and O–H groups in total. The third-order valence-electron chi connectivity index (χ3n) is 5.68. The van der Waals surface area contributed by atoms with Crippen LogP contribution >= 0.6 is 7.75 Å². The molecule has 0 aromatic heterocycles. The summed E-state index contributed by atoms with van der Waals surface area (Å²) in [4.78, 5) is 24.3. The Morgan fingerprint density at radius 2 is 1.78 bits per heavy atom. The molecule has 1 aromatic rings. The number of carbonyl (C=O) groups is 2. The quantitative estimate of drug-likeness (QED) is 0.312. The fourth-order valence-electron chi connectivity index (χ4n) is 3.77. The molecule has 204 valence electrons. The highest BCUT2D eigenvalue weighted by molar-refractivity contribution is 7.52. The van der Waals surface area contributed by atoms with Crippen LogP contribution in [0.5, 0.6) is 5.75 Å². The van der Waals surface area contributed by atoms with E-state index in [4.69, 9.17) is 28.0 Å². The summed E-state index contributed by atoms with van der Waals surface area (Å²) < 4.78 is 61.8. The minimum absolute atomic E-state index is 0.179. The van der Waals surface area contributed by atoms with E-state index in [0.29, 0.717) is 0 Å². The van der Waals surface area contributed by atoms with Crippen LogP contribution in [0.2, 0.25) is 0 Å². The topological polar surface area (TPSA) is 119 Å². The first-order chi connectivity index (χ1) is 16.9. The SMILES string of the molecule is COC[C@H](F)C1O[C@@H](OP(=O)(N[C@@H](C)C(=O)OC(C)C)Oc2ccccc2)C(OC(C)=O)[C@@H](C)[C@@H]1C. The minimum atomic E-state index is -4.38. The molecule has 1 heterocycles. The highest BCUT2D eigenvalue weighted by Gasteiger charge is 2.50. The molecular formula is C24H37FNO9P. The zero-order valence-electron chi connectivity index (χ0n) is 21.7. The van der Waals surface area contributed by atoms with Gasteiger partial charge in [-0.1, -0.05) is 32.0 Å². The third kappa shape index (κ3) is 8.52. The first kappa shape index (κ1) is 30.2. The molecular weight excluding hydrogens is 496 g/mol. The summed E-state index contributed by atoms with van der Waals surface area (Å²) in [5.74, 6) is -1.97. The van der Waals surface area contributed by atoms with Crippen LogP contribution in [0.4, 0.5) is 4.39 Å². The number of hydrogen-bond donors (Lipinski definition) is 1. The molecule has 8 atom stereocenters. The number of carbonyl (C=O) groups excluding carboxylic acids is 2. The van der Waals surface area contributed by atoms with Crippen LogP contribution in [0, 0.1) is 11.8 Å². The monoisotopic (exact) mass is 533 g/mol. The van der Waals surface area contributed by atoms with Crippen molar-refractivity contribution in [2.45, 2.75) is 78.4 Å². The lowest BCUT2D eigenvalue weighted by atomic mass is 9.82. The van der Waals surface area contributed by atoms with Gasteiger partial charge in [0.05, 0.1) is 18.8 Å². The van der Waals surface area contributed by atoms with Crippen molar-refractivity contribution in [2.75, 3.05) is 13.7 Å². The molecule has 1 aliphatic heterocycles. The van der Waals surface area contributed by atoms with Crippen LogP contribution in [-0.2, 0) is 37.6 Å². The molecule has 3 unspecified atom stereocenters. The lowest BCUT2D eigenvalue weighted by Crippen LogP contribution is -2.55. The van der Waals surface area contributed by atoms with Gasteiger partial charge in [-0.25, -0.2) is 8.96 Å². The first-order valence-electron chi connectivity index (χ1n) is 11.8. The van der Waals surface area contributed by atoms with Crippen molar-refractivity contribution in [1.82, 2.24) is 5.09 Å². The van der Waals surface area contributed by atoms with Crippen LogP contribution in [0.25, 0.3) is 0 Å². The molecule has 36 heavy (non-hydrogen) atoms. The first-order valence-corrected chi connectivity index (χ1v) is 13.4. The number of para-hydroxylation sites is 1. The van der Waals surface area contributed by atoms with Gasteiger partial charge in [0.1, 0.15) is 18.0 Å². The van der Waals surface area contributed by atoms with E-state index in [0.717, 1.165) is 0 Å². The average molecular weight is 534 g/mol. The highest BCUT2D eigenvalue weighted by atomic mass is 31.2. The van der Waals surface area contributed by atoms with E-state index < -0.39 is 68.3 Å². The fraction of sp³-hybridized carbons (Fsp3) is 0.667. The van der Waals surface area contributed by atoms with Crippen molar-refractivity contribution in [3.63, 3.8) is 0 Å². The van der Waals surface area contributed by atoms with Gasteiger partial charge < -0.3 is 23.5 Å². The molecule has 1 aliphatic rings. The van der Waals surface area contributed by atoms with E-state index in [2.05, 4.69) is 5.09 Å². The number of methoxy groups -OCH3 is 1. The second-order valence-electron chi connectivity index (χ2n) is 9.08. The maximum Gasteiger partial charge on any atom is 0.461 e. The maximum atomic E-state index is 14.9. The summed E-state index contributed by atoms with van der Waals surface area (Å²) in [6.07, 6.45) is -5.45. The lowest BCUT2D eigenvalue weighted by Gasteiger charge is -2.45. The van der Waals surface area contributed by atoms with Gasteiger partial charge in [-0.3, -0.25) is 14.1 Å². The fourth-order valence-corrected chi connectivity index (χ4v) is 5.35. The van der Waals surface area contributed by atoms with Gasteiger partial charge in [0.25, 0.3) is 0 Å². The van der Waals surface area contributed by atoms with Gasteiger partial charge in [0.2, 0.25) is 6.29 Å². The van der Waals surface area contributed by atoms with Gasteiger partial charge in [-0.05, 0) is 38.8 Å². The number of halogens is 1. The van der Waals surface area contributed by atoms with Crippen LogP contribution in [0.3, 0.4) is 0 Å². The molecule has 0 bridgehead atoms. The second-order valence-corrected chi connectivity index (χ2v) is 10.7. The molecule has 1 saturated heterocycles. The van der Waals surface area contributed by atoms with E-state index in [1.165, 1.54) is 21.0 Å². The smallest absolute Gasteiger partial charge is 0.461 e. The van der Waals surface area contributed by atoms with E-state index in [9.17, 15) is 18.5 Å². The Morgan fingerprint density at radius 3 is 2.33 bits per heavy atom. The van der Waals surface area contributed by atoms with E-state index in [1.807, 2.05) is 0 Å². The molecule has 10 nitrogen and oxygen atoms in total. The standard InChI is InChI=1S/C24H37FNO9P/c1-14(2)31-23(28)17(5)26-36(29,34-19-11-9-8-10-12-19)35-24-22(32-18(6)27)16(4)15(3)21(33-24)20(25)13-30-7/h8-12,14-17,20-22,24H,13H2,1-7H3,(H,26,29)/t15-,16-,17-,20-,21?,22?,24-,36?/m0/s1. The average Bonchev–Trinajstić information content (AvgIpc) is 2.78. The molecule has 0 saturated carbocycles. The Hall–Kier alpha value is -2.04. The Balaban J connectivity index is 2.40. The summed E-state index contributed by atoms with van der Waals surface area (Å²) in [5, 5.41) is 2.56. The number of alkyl halides is 1. The predicted octanol–water partition coefficient (Wildman–Crippen LogP) is 4.03. The Bertz CT molecular complexity index is 903. The molecule has 0 amide bonds. The van der Waals surface area contributed by atoms with Gasteiger partial charge in [0, 0.05) is 20.0 Å². The van der Waals surface area contributed by atoms with Crippen LogP contribution < -0.4 is 9.61 Å². The number of nitrogens with one attached hydrogen (secondary N) is 1. The Kier molecular flexibility index (Phi) is 11.3. The van der Waals surface area contributed by atoms with Crippen LogP contribution in [0.15, 0.2) is 30.3 Å². The molecule has 12 heteroatoms. The Labute approximate surface area is 211 Å². The largest absolute Gasteiger partial charge is 0.462 e. The van der Waals surface area contributed by atoms with Crippen molar-refractivity contribution in [3.05, 3.63) is 30.3 Å². The summed E-state index contributed by atoms with van der Waals surface area (Å²) in [7, 11) is -3.02. The van der Waals surface area contributed by atoms with Crippen LogP contribution in [0.1, 0.15) is 41.5 Å². The lowest BCUT2D eigenvalue weighted by molar-refractivity contribution is -0.261. The number of rotatable bonds is 12. The van der Waals surface area contributed by atoms with E-state index in [-0.39, 0.29) is 12.4 Å². The van der Waals surface area contributed by atoms with Crippen molar-refractivity contribution in [1.29, 1.82) is 0 Å². The van der Waals surface area contributed by atoms with Crippen molar-refractivity contribution in [3.8, 4) is 5.75 Å². The predicted molar refractivity (Wildman–Crippen MR) is 129 cm³/mol. The van der Waals surface area contributed by atoms with Crippen molar-refractivity contribution < 1.29 is 46.5 Å². The minimum Gasteiger partial charge on any atom is -0.462 e. The van der Waals surface area contributed by atoms with E-state index in [1.54, 1.807) is 58.0 Å².